The molecule has 0 bridgehead atoms. The fraction of sp³-hybridized carbons (Fsp3) is 0.300. The lowest BCUT2D eigenvalue weighted by Crippen LogP contribution is -2.29. The molecule has 0 fully saturated rings. The third-order valence-corrected chi connectivity index (χ3v) is 2.46. The number of hydrogen-bond acceptors (Lipinski definition) is 3. The number of aliphatic hydroxyl groups is 1. The Bertz CT molecular complexity index is 410. The van der Waals surface area contributed by atoms with E-state index in [4.69, 9.17) is 0 Å². The van der Waals surface area contributed by atoms with Crippen molar-refractivity contribution in [3.05, 3.63) is 35.9 Å². The molecule has 1 unspecified atom stereocenters. The summed E-state index contributed by atoms with van der Waals surface area (Å²) in [5, 5.41) is 10.6. The molecule has 1 atom stereocenters. The van der Waals surface area contributed by atoms with Gasteiger partial charge in [-0.15, -0.1) is 0 Å². The largest absolute Gasteiger partial charge is 0.385 e. The molecule has 0 aliphatic heterocycles. The summed E-state index contributed by atoms with van der Waals surface area (Å²) < 4.78 is 20.8. The Kier molecular flexibility index (Phi) is 3.43. The maximum Gasteiger partial charge on any atom is 0.212 e. The van der Waals surface area contributed by atoms with Crippen molar-refractivity contribution in [2.45, 2.75) is 18.9 Å². The highest BCUT2D eigenvalue weighted by Crippen LogP contribution is 2.10. The van der Waals surface area contributed by atoms with E-state index in [2.05, 4.69) is 0 Å². The minimum atomic E-state index is -2.33. The average molecular weight is 212 g/mol. The van der Waals surface area contributed by atoms with Crippen LogP contribution >= 0.6 is 0 Å². The van der Waals surface area contributed by atoms with Gasteiger partial charge in [0.2, 0.25) is 10.3 Å². The summed E-state index contributed by atoms with van der Waals surface area (Å²) in [5.74, 6) is 0. The van der Waals surface area contributed by atoms with Crippen LogP contribution in [0.15, 0.2) is 30.3 Å². The lowest BCUT2D eigenvalue weighted by Gasteiger charge is -2.16. The SMILES string of the molecule is CC(O)(C=S(=O)=O)Cc1ccccc1. The van der Waals surface area contributed by atoms with Crippen LogP contribution in [0.2, 0.25) is 0 Å². The Morgan fingerprint density at radius 2 is 1.93 bits per heavy atom. The maximum atomic E-state index is 10.4. The molecule has 0 aromatic heterocycles. The first-order valence-electron chi connectivity index (χ1n) is 4.20. The molecule has 0 aliphatic rings. The lowest BCUT2D eigenvalue weighted by atomic mass is 9.99. The van der Waals surface area contributed by atoms with Gasteiger partial charge in [0.15, 0.2) is 0 Å². The molecule has 76 valence electrons. The number of rotatable bonds is 3. The van der Waals surface area contributed by atoms with Crippen molar-refractivity contribution in [3.8, 4) is 0 Å². The predicted molar refractivity (Wildman–Crippen MR) is 55.8 cm³/mol. The summed E-state index contributed by atoms with van der Waals surface area (Å²) in [4.78, 5) is 0. The molecule has 1 aromatic rings. The van der Waals surface area contributed by atoms with Crippen LogP contribution in [0.3, 0.4) is 0 Å². The minimum Gasteiger partial charge on any atom is -0.385 e. The van der Waals surface area contributed by atoms with Crippen molar-refractivity contribution < 1.29 is 13.5 Å². The Balaban J connectivity index is 2.84. The van der Waals surface area contributed by atoms with Gasteiger partial charge in [-0.2, -0.15) is 8.42 Å². The summed E-state index contributed by atoms with van der Waals surface area (Å²) in [7, 11) is -2.33. The van der Waals surface area contributed by atoms with E-state index in [9.17, 15) is 13.5 Å². The molecule has 14 heavy (non-hydrogen) atoms. The van der Waals surface area contributed by atoms with Gasteiger partial charge in [0.25, 0.3) is 0 Å². The fourth-order valence-corrected chi connectivity index (χ4v) is 1.76. The van der Waals surface area contributed by atoms with Gasteiger partial charge < -0.3 is 5.11 Å². The van der Waals surface area contributed by atoms with Gasteiger partial charge in [0.1, 0.15) is 0 Å². The van der Waals surface area contributed by atoms with Crippen LogP contribution in [-0.4, -0.2) is 24.5 Å². The molecule has 0 radical (unpaired) electrons. The molecule has 3 nitrogen and oxygen atoms in total. The van der Waals surface area contributed by atoms with E-state index in [1.54, 1.807) is 0 Å². The van der Waals surface area contributed by atoms with Crippen LogP contribution in [0.5, 0.6) is 0 Å². The van der Waals surface area contributed by atoms with Crippen molar-refractivity contribution >= 4 is 15.7 Å². The summed E-state index contributed by atoms with van der Waals surface area (Å²) in [6, 6.07) is 9.25. The van der Waals surface area contributed by atoms with Gasteiger partial charge >= 0.3 is 0 Å². The highest BCUT2D eigenvalue weighted by molar-refractivity contribution is 7.71. The first-order valence-corrected chi connectivity index (χ1v) is 5.34. The standard InChI is InChI=1S/C10H12O3S/c1-10(11,8-14(12)13)7-9-5-3-2-4-6-9/h2-6,8,11H,7H2,1H3. The minimum absolute atomic E-state index is 0.293. The normalized spacial score (nSPS) is 14.4. The Labute approximate surface area is 84.5 Å². The van der Waals surface area contributed by atoms with E-state index in [1.165, 1.54) is 6.92 Å². The molecular formula is C10H12O3S. The second-order valence-corrected chi connectivity index (χ2v) is 4.15. The average Bonchev–Trinajstić information content (AvgIpc) is 2.02. The van der Waals surface area contributed by atoms with Gasteiger partial charge in [-0.25, -0.2) is 0 Å². The number of hydrogen-bond donors (Lipinski definition) is 1. The van der Waals surface area contributed by atoms with Gasteiger partial charge in [-0.3, -0.25) is 0 Å². The summed E-state index contributed by atoms with van der Waals surface area (Å²) >= 11 is 0. The zero-order valence-electron chi connectivity index (χ0n) is 7.84. The topological polar surface area (TPSA) is 54.4 Å². The molecule has 1 N–H and O–H groups in total. The van der Waals surface area contributed by atoms with Crippen molar-refractivity contribution in [1.82, 2.24) is 0 Å². The summed E-state index contributed by atoms with van der Waals surface area (Å²) in [5.41, 5.74) is -0.410. The fourth-order valence-electron chi connectivity index (χ4n) is 1.26. The third kappa shape index (κ3) is 3.72. The van der Waals surface area contributed by atoms with Crippen molar-refractivity contribution in [2.24, 2.45) is 0 Å². The molecule has 0 spiro atoms. The van der Waals surface area contributed by atoms with Crippen molar-refractivity contribution in [2.75, 3.05) is 0 Å². The highest BCUT2D eigenvalue weighted by Gasteiger charge is 2.18. The molecule has 0 saturated carbocycles. The van der Waals surface area contributed by atoms with Crippen LogP contribution in [0, 0.1) is 0 Å². The van der Waals surface area contributed by atoms with Crippen molar-refractivity contribution in [3.63, 3.8) is 0 Å². The predicted octanol–water partition coefficient (Wildman–Crippen LogP) is 0.661. The zero-order valence-corrected chi connectivity index (χ0v) is 8.66. The highest BCUT2D eigenvalue weighted by atomic mass is 32.2. The lowest BCUT2D eigenvalue weighted by molar-refractivity contribution is 0.140. The van der Waals surface area contributed by atoms with E-state index in [0.717, 1.165) is 10.9 Å². The van der Waals surface area contributed by atoms with E-state index < -0.39 is 15.9 Å². The molecule has 0 heterocycles. The summed E-state index contributed by atoms with van der Waals surface area (Å²) in [6.07, 6.45) is 0.293. The van der Waals surface area contributed by atoms with Crippen LogP contribution in [0.25, 0.3) is 0 Å². The Hall–Kier alpha value is -1.13. The molecular weight excluding hydrogens is 200 g/mol. The van der Waals surface area contributed by atoms with Gasteiger partial charge in [-0.1, -0.05) is 30.3 Å². The second kappa shape index (κ2) is 4.39. The Morgan fingerprint density at radius 1 is 1.36 bits per heavy atom. The van der Waals surface area contributed by atoms with Crippen molar-refractivity contribution in [1.29, 1.82) is 0 Å². The zero-order chi connectivity index (χ0) is 10.6. The van der Waals surface area contributed by atoms with Crippen LogP contribution in [-0.2, 0) is 16.7 Å². The molecule has 0 aliphatic carbocycles. The summed E-state index contributed by atoms with van der Waals surface area (Å²) in [6.45, 7) is 1.47. The van der Waals surface area contributed by atoms with E-state index in [1.807, 2.05) is 30.3 Å². The van der Waals surface area contributed by atoms with E-state index in [-0.39, 0.29) is 0 Å². The van der Waals surface area contributed by atoms with Gasteiger partial charge in [0.05, 0.1) is 11.0 Å². The van der Waals surface area contributed by atoms with Crippen LogP contribution in [0.4, 0.5) is 0 Å². The molecule has 4 heteroatoms. The first-order chi connectivity index (χ1) is 6.49. The first kappa shape index (κ1) is 10.9. The van der Waals surface area contributed by atoms with Gasteiger partial charge in [-0.05, 0) is 12.5 Å². The molecule has 0 saturated heterocycles. The van der Waals surface area contributed by atoms with Crippen LogP contribution < -0.4 is 0 Å². The molecule has 1 aromatic carbocycles. The third-order valence-electron chi connectivity index (χ3n) is 1.75. The quantitative estimate of drug-likeness (QED) is 0.749. The van der Waals surface area contributed by atoms with Gasteiger partial charge in [0, 0.05) is 6.42 Å². The van der Waals surface area contributed by atoms with E-state index in [0.29, 0.717) is 6.42 Å². The Morgan fingerprint density at radius 3 is 2.43 bits per heavy atom. The maximum absolute atomic E-state index is 10.4. The molecule has 1 rings (SSSR count). The molecule has 0 amide bonds. The van der Waals surface area contributed by atoms with Crippen LogP contribution in [0.1, 0.15) is 12.5 Å². The van der Waals surface area contributed by atoms with E-state index >= 15 is 0 Å². The second-order valence-electron chi connectivity index (χ2n) is 3.40. The monoisotopic (exact) mass is 212 g/mol. The number of benzene rings is 1. The smallest absolute Gasteiger partial charge is 0.212 e.